The Kier molecular flexibility index (Phi) is 72.4. The van der Waals surface area contributed by atoms with E-state index in [9.17, 15) is 77.3 Å². The second-order valence-corrected chi connectivity index (χ2v) is 31.0. The highest BCUT2D eigenvalue weighted by Crippen LogP contribution is 2.35. The molecule has 2 aliphatic heterocycles. The van der Waals surface area contributed by atoms with Gasteiger partial charge >= 0.3 is 23.9 Å². The number of esters is 3. The van der Waals surface area contributed by atoms with Gasteiger partial charge in [0.2, 0.25) is 59.1 Å². The number of nitrogens with one attached hydrogen (secondary N) is 6. The van der Waals surface area contributed by atoms with E-state index >= 15 is 0 Å². The number of rotatable bonds is 70. The SMILES string of the molecule is CCC(CO)OC(CO)OC.CCC(CO)OC(COC(=O)CCCC(=O)NCCNC(=O)CCOCCOCCNC(=O)CCN1C(=O)C(C)C(C)C1=O)OC.CCC(CO)OC(COC(=O)CCCC(=O)NCCNC(=O)CCOCCOCCNC(=O)CCN1C(=O)CC(SC(C)(C)C)C1=O)OC.CCC(CO)OC(COC(=O)CCCC(=O)O)OC. The number of carboxylic acid groups (broad SMARTS) is 1. The van der Waals surface area contributed by atoms with E-state index < -0.39 is 66.5 Å². The predicted molar refractivity (Wildman–Crippen MR) is 449 cm³/mol. The summed E-state index contributed by atoms with van der Waals surface area (Å²) in [6.45, 7) is 19.4. The van der Waals surface area contributed by atoms with E-state index in [-0.39, 0.29) is 323 Å². The number of nitrogens with zero attached hydrogens (tertiary/aromatic N) is 2. The zero-order chi connectivity index (χ0) is 94.3. The average molecular weight is 1820 g/mol. The van der Waals surface area contributed by atoms with Crippen LogP contribution in [0.15, 0.2) is 0 Å². The van der Waals surface area contributed by atoms with Crippen molar-refractivity contribution in [1.82, 2.24) is 41.7 Å². The van der Waals surface area contributed by atoms with Gasteiger partial charge in [-0.1, -0.05) is 62.3 Å². The molecule has 0 bridgehead atoms. The van der Waals surface area contributed by atoms with Crippen LogP contribution in [0.5, 0.6) is 0 Å². The van der Waals surface area contributed by atoms with Crippen molar-refractivity contribution in [2.24, 2.45) is 11.8 Å². The molecule has 125 heavy (non-hydrogen) atoms. The molecule has 2 saturated heterocycles. The topological polar surface area (TPSA) is 577 Å². The maximum Gasteiger partial charge on any atom is 0.305 e. The van der Waals surface area contributed by atoms with Crippen molar-refractivity contribution in [3.63, 3.8) is 0 Å². The summed E-state index contributed by atoms with van der Waals surface area (Å²) in [7, 11) is 5.68. The third-order valence-corrected chi connectivity index (χ3v) is 19.3. The number of aliphatic carboxylic acids is 1. The highest BCUT2D eigenvalue weighted by molar-refractivity contribution is 8.01. The molecule has 0 spiro atoms. The number of carboxylic acids is 1. The summed E-state index contributed by atoms with van der Waals surface area (Å²) in [5.41, 5.74) is 0. The molecule has 0 aromatic carbocycles. The summed E-state index contributed by atoms with van der Waals surface area (Å²) in [5, 5.41) is 68.8. The Bertz CT molecular complexity index is 2970. The van der Waals surface area contributed by atoms with Gasteiger partial charge in [0, 0.05) is 168 Å². The molecule has 0 saturated carbocycles. The summed E-state index contributed by atoms with van der Waals surface area (Å²) >= 11 is 1.46. The lowest BCUT2D eigenvalue weighted by molar-refractivity contribution is -0.194. The largest absolute Gasteiger partial charge is 0.481 e. The van der Waals surface area contributed by atoms with Crippen LogP contribution < -0.4 is 31.9 Å². The van der Waals surface area contributed by atoms with Gasteiger partial charge in [-0.15, -0.1) is 11.8 Å². The minimum Gasteiger partial charge on any atom is -0.481 e. The molecule has 2 fully saturated rings. The number of ether oxygens (including phenoxy) is 15. The van der Waals surface area contributed by atoms with Gasteiger partial charge < -0.3 is 134 Å². The van der Waals surface area contributed by atoms with Crippen LogP contribution in [0.25, 0.3) is 0 Å². The second kappa shape index (κ2) is 75.6. The number of aliphatic hydroxyl groups excluding tert-OH is 5. The van der Waals surface area contributed by atoms with Gasteiger partial charge in [-0.3, -0.25) is 76.9 Å². The van der Waals surface area contributed by atoms with Crippen LogP contribution >= 0.6 is 11.8 Å². The van der Waals surface area contributed by atoms with Crippen LogP contribution in [-0.2, 0) is 138 Å². The number of carbonyl (C=O) groups excluding carboxylic acids is 13. The first-order valence-corrected chi connectivity index (χ1v) is 43.3. The van der Waals surface area contributed by atoms with Crippen LogP contribution in [-0.4, -0.2) is 369 Å². The van der Waals surface area contributed by atoms with Gasteiger partial charge in [-0.05, 0) is 44.9 Å². The lowest BCUT2D eigenvalue weighted by Crippen LogP contribution is -2.36. The summed E-state index contributed by atoms with van der Waals surface area (Å²) in [5.74, 6) is -5.65. The molecule has 10 amide bonds. The van der Waals surface area contributed by atoms with Crippen LogP contribution in [0.3, 0.4) is 0 Å². The maximum atomic E-state index is 12.5. The number of likely N-dealkylation sites (tertiary alicyclic amines) is 2. The molecule has 0 radical (unpaired) electrons. The Morgan fingerprint density at radius 2 is 0.680 bits per heavy atom. The molecule has 0 aromatic heterocycles. The number of hydrogen-bond acceptors (Lipinski definition) is 35. The second-order valence-electron chi connectivity index (χ2n) is 29.0. The molecule has 2 aliphatic rings. The number of amides is 10. The van der Waals surface area contributed by atoms with Gasteiger partial charge in [-0.25, -0.2) is 0 Å². The van der Waals surface area contributed by atoms with E-state index in [0.717, 1.165) is 4.90 Å². The molecule has 43 nitrogen and oxygen atoms in total. The van der Waals surface area contributed by atoms with E-state index in [1.54, 1.807) is 13.8 Å². The lowest BCUT2D eigenvalue weighted by Gasteiger charge is -2.21. The summed E-state index contributed by atoms with van der Waals surface area (Å²) < 4.78 is 77.8. The van der Waals surface area contributed by atoms with Gasteiger partial charge in [0.05, 0.1) is 116 Å². The van der Waals surface area contributed by atoms with Crippen molar-refractivity contribution >= 4 is 94.7 Å². The fourth-order valence-corrected chi connectivity index (χ4v) is 11.7. The number of hydrogen-bond donors (Lipinski definition) is 12. The molecular formula is C81H146N8O35S. The van der Waals surface area contributed by atoms with E-state index in [1.807, 2.05) is 48.5 Å². The highest BCUT2D eigenvalue weighted by Gasteiger charge is 2.43. The Morgan fingerprint density at radius 3 is 0.984 bits per heavy atom. The molecule has 2 heterocycles. The van der Waals surface area contributed by atoms with E-state index in [4.69, 9.17) is 91.5 Å². The highest BCUT2D eigenvalue weighted by atomic mass is 32.2. The minimum absolute atomic E-state index is 0.0286. The maximum absolute atomic E-state index is 12.5. The zero-order valence-electron chi connectivity index (χ0n) is 75.4. The van der Waals surface area contributed by atoms with Gasteiger partial charge in [0.25, 0.3) is 0 Å². The quantitative estimate of drug-likeness (QED) is 0.0124. The van der Waals surface area contributed by atoms with E-state index in [2.05, 4.69) is 31.9 Å². The normalized spacial score (nSPS) is 16.2. The zero-order valence-corrected chi connectivity index (χ0v) is 76.2. The average Bonchev–Trinajstić information content (AvgIpc) is 1.67. The molecule has 2 rings (SSSR count). The van der Waals surface area contributed by atoms with E-state index in [1.165, 1.54) is 45.1 Å². The third kappa shape index (κ3) is 62.5. The fourth-order valence-electron chi connectivity index (χ4n) is 10.4. The van der Waals surface area contributed by atoms with Crippen molar-refractivity contribution in [1.29, 1.82) is 0 Å². The molecular weight excluding hydrogens is 1680 g/mol. The molecule has 726 valence electrons. The van der Waals surface area contributed by atoms with E-state index in [0.29, 0.717) is 38.5 Å². The molecule has 0 aromatic rings. The Balaban J connectivity index is 0. The Morgan fingerprint density at radius 1 is 0.384 bits per heavy atom. The van der Waals surface area contributed by atoms with Crippen LogP contribution in [0.1, 0.15) is 178 Å². The first-order valence-electron chi connectivity index (χ1n) is 42.4. The predicted octanol–water partition coefficient (Wildman–Crippen LogP) is -0.173. The number of methoxy groups -OCH3 is 4. The van der Waals surface area contributed by atoms with Gasteiger partial charge in [-0.2, -0.15) is 0 Å². The van der Waals surface area contributed by atoms with Crippen molar-refractivity contribution in [2.45, 2.75) is 237 Å². The van der Waals surface area contributed by atoms with Crippen LogP contribution in [0.2, 0.25) is 0 Å². The number of imide groups is 2. The van der Waals surface area contributed by atoms with Crippen molar-refractivity contribution in [2.75, 3.05) is 187 Å². The molecule has 12 N–H and O–H groups in total. The molecule has 11 atom stereocenters. The molecule has 0 aliphatic carbocycles. The summed E-state index contributed by atoms with van der Waals surface area (Å²) in [6.07, 6.45) is -0.226. The Labute approximate surface area is 738 Å². The standard InChI is InChI=1S/C32H56N4O12S.C30H52N4O12.C12H22O7.C7H16O4/c1-6-23(21-37)48-30(44-5)22-47-29(42)9-7-8-25(38)33-12-13-34-27(40)11-16-45-18-19-46-17-14-35-26(39)10-15-36-28(41)20-24(31(36)43)49-32(2,3)4;1-5-23(19-35)46-28(42-4)20-45-27(39)8-6-7-24(36)31-11-12-32-26(38)10-15-43-17-18-44-16-13-33-25(37)9-14-34-29(40)21(2)22(3)30(34)41;1-3-9(7-13)19-12(17-2)8-18-11(16)6-4-5-10(14)15;1-3-6(4-8)11-7(5-9)10-2/h23-24,30,37H,6-22H2,1-5H3,(H,33,38)(H,34,40)(H,35,39);21-23,28,35H,5-20H2,1-4H3,(H,31,36)(H,32,38)(H,33,37);9,12-13H,3-8H2,1-2H3,(H,14,15);6-9H,3-5H2,1-2H3. The number of thioether (sulfide) groups is 1. The fraction of sp³-hybridized carbons (Fsp3) is 0.827. The van der Waals surface area contributed by atoms with Crippen molar-refractivity contribution in [3.05, 3.63) is 0 Å². The van der Waals surface area contributed by atoms with Crippen molar-refractivity contribution < 1.29 is 169 Å². The molecule has 44 heteroatoms. The number of carbonyl (C=O) groups is 14. The first kappa shape index (κ1) is 120. The lowest BCUT2D eigenvalue weighted by atomic mass is 10.00. The van der Waals surface area contributed by atoms with Crippen LogP contribution in [0, 0.1) is 11.8 Å². The smallest absolute Gasteiger partial charge is 0.305 e. The van der Waals surface area contributed by atoms with Crippen LogP contribution in [0.4, 0.5) is 0 Å². The summed E-state index contributed by atoms with van der Waals surface area (Å²) in [6, 6.07) is 0. The molecule has 11 unspecified atom stereocenters. The third-order valence-electron chi connectivity index (χ3n) is 17.9. The minimum atomic E-state index is -0.945. The van der Waals surface area contributed by atoms with Gasteiger partial charge in [0.15, 0.2) is 25.2 Å². The first-order chi connectivity index (χ1) is 59.6. The van der Waals surface area contributed by atoms with Crippen molar-refractivity contribution in [3.8, 4) is 0 Å². The Hall–Kier alpha value is -7.35. The summed E-state index contributed by atoms with van der Waals surface area (Å²) in [4.78, 5) is 168. The monoisotopic (exact) mass is 1820 g/mol. The number of aliphatic hydroxyl groups is 5. The van der Waals surface area contributed by atoms with Gasteiger partial charge in [0.1, 0.15) is 19.8 Å².